The zero-order valence-electron chi connectivity index (χ0n) is 45.6. The minimum atomic E-state index is -2.07. The molecule has 5 atom stereocenters. The number of rotatable bonds is 29. The summed E-state index contributed by atoms with van der Waals surface area (Å²) in [5.41, 5.74) is 0.394. The number of Topliss-reactive ketones (excluding diaryl/α,β-unsaturated/α-hetero) is 2. The van der Waals surface area contributed by atoms with Crippen molar-refractivity contribution in [2.75, 3.05) is 39.8 Å². The Hall–Kier alpha value is -6.10. The Morgan fingerprint density at radius 1 is 0.744 bits per heavy atom. The highest BCUT2D eigenvalue weighted by molar-refractivity contribution is 8.13. The van der Waals surface area contributed by atoms with Gasteiger partial charge in [0.2, 0.25) is 0 Å². The second kappa shape index (κ2) is 28.2. The van der Waals surface area contributed by atoms with E-state index in [-0.39, 0.29) is 72.9 Å². The lowest BCUT2D eigenvalue weighted by atomic mass is 9.80. The summed E-state index contributed by atoms with van der Waals surface area (Å²) in [6.07, 6.45) is -3.91. The fraction of sp³-hybridized carbons (Fsp3) is 0.393. The third-order valence-corrected chi connectivity index (χ3v) is 16.7. The number of hydrogen-bond acceptors (Lipinski definition) is 14. The van der Waals surface area contributed by atoms with E-state index in [0.29, 0.717) is 30.1 Å². The standard InChI is InChI=1S/C61H71FN3O11PS/c1-42(2)65(43(3)4)77(74-36-37-78-58(68)60(5,6)34-32-49(66)38-44-18-12-9-13-19-44)76-56-54(75-57(55(56)62)64-35-33-48(63-59(64)69)39-50(67)40-72-53-22-16-11-17-23-53)41-73-61(45-20-14-10-15-21-45,46-24-28-51(70-7)29-25-46)47-26-30-52(71-8)31-27-47/h9-31,33,35,42-43,54-57H,32,34,36-41H2,1-8H3. The van der Waals surface area contributed by atoms with Gasteiger partial charge in [-0.1, -0.05) is 129 Å². The summed E-state index contributed by atoms with van der Waals surface area (Å²) in [7, 11) is 1.11. The third kappa shape index (κ3) is 15.4. The van der Waals surface area contributed by atoms with Crippen LogP contribution in [0.15, 0.2) is 157 Å². The molecule has 0 aliphatic carbocycles. The summed E-state index contributed by atoms with van der Waals surface area (Å²) >= 11 is 1.12. The Morgan fingerprint density at radius 3 is 1.87 bits per heavy atom. The van der Waals surface area contributed by atoms with Gasteiger partial charge in [0.05, 0.1) is 39.5 Å². The molecule has 7 rings (SSSR count). The second-order valence-corrected chi connectivity index (χ2v) is 22.7. The number of thioether (sulfide) groups is 1. The van der Waals surface area contributed by atoms with Gasteiger partial charge in [0.1, 0.15) is 47.4 Å². The molecule has 78 heavy (non-hydrogen) atoms. The van der Waals surface area contributed by atoms with Crippen LogP contribution in [-0.4, -0.2) is 101 Å². The van der Waals surface area contributed by atoms with Crippen LogP contribution in [0, 0.1) is 5.41 Å². The summed E-state index contributed by atoms with van der Waals surface area (Å²) in [6, 6.07) is 44.3. The van der Waals surface area contributed by atoms with Crippen LogP contribution < -0.4 is 19.9 Å². The maximum absolute atomic E-state index is 17.9. The lowest BCUT2D eigenvalue weighted by Crippen LogP contribution is -2.41. The van der Waals surface area contributed by atoms with Crippen molar-refractivity contribution >= 4 is 37.0 Å². The molecule has 0 amide bonds. The molecule has 14 nitrogen and oxygen atoms in total. The number of ketones is 2. The van der Waals surface area contributed by atoms with Crippen molar-refractivity contribution in [1.29, 1.82) is 0 Å². The molecule has 0 saturated carbocycles. The largest absolute Gasteiger partial charge is 0.497 e. The molecule has 5 unspecified atom stereocenters. The lowest BCUT2D eigenvalue weighted by Gasteiger charge is -2.39. The van der Waals surface area contributed by atoms with Gasteiger partial charge in [-0.3, -0.25) is 19.0 Å². The van der Waals surface area contributed by atoms with Crippen LogP contribution in [0.4, 0.5) is 4.39 Å². The average Bonchev–Trinajstić information content (AvgIpc) is 3.81. The van der Waals surface area contributed by atoms with Gasteiger partial charge in [0.25, 0.3) is 8.53 Å². The fourth-order valence-electron chi connectivity index (χ4n) is 9.27. The average molecular weight is 1100 g/mol. The Labute approximate surface area is 462 Å². The van der Waals surface area contributed by atoms with Crippen LogP contribution in [0.2, 0.25) is 0 Å². The van der Waals surface area contributed by atoms with E-state index < -0.39 is 49.8 Å². The first-order chi connectivity index (χ1) is 37.5. The van der Waals surface area contributed by atoms with E-state index in [1.807, 2.05) is 161 Å². The summed E-state index contributed by atoms with van der Waals surface area (Å²) in [6.45, 7) is 11.2. The van der Waals surface area contributed by atoms with Crippen LogP contribution in [0.5, 0.6) is 17.2 Å². The second-order valence-electron chi connectivity index (χ2n) is 20.2. The Kier molecular flexibility index (Phi) is 21.5. The van der Waals surface area contributed by atoms with Crippen molar-refractivity contribution < 1.29 is 51.5 Å². The summed E-state index contributed by atoms with van der Waals surface area (Å²) in [5.74, 6) is 1.81. The van der Waals surface area contributed by atoms with Gasteiger partial charge in [-0.05, 0) is 98.8 Å². The van der Waals surface area contributed by atoms with Gasteiger partial charge in [-0.2, -0.15) is 4.98 Å². The number of alkyl halides is 1. The highest BCUT2D eigenvalue weighted by atomic mass is 32.2. The number of benzene rings is 5. The van der Waals surface area contributed by atoms with E-state index in [1.165, 1.54) is 12.3 Å². The minimum absolute atomic E-state index is 0.0659. The first-order valence-corrected chi connectivity index (χ1v) is 28.3. The van der Waals surface area contributed by atoms with Gasteiger partial charge in [-0.15, -0.1) is 0 Å². The highest BCUT2D eigenvalue weighted by Crippen LogP contribution is 2.51. The van der Waals surface area contributed by atoms with Crippen molar-refractivity contribution in [2.45, 2.75) is 110 Å². The number of carbonyl (C=O) groups is 3. The monoisotopic (exact) mass is 1100 g/mol. The molecule has 1 saturated heterocycles. The summed E-state index contributed by atoms with van der Waals surface area (Å²) < 4.78 is 65.1. The minimum Gasteiger partial charge on any atom is -0.497 e. The number of ether oxygens (including phenoxy) is 5. The number of hydrogen-bond donors (Lipinski definition) is 0. The van der Waals surface area contributed by atoms with Crippen molar-refractivity contribution in [3.63, 3.8) is 0 Å². The molecule has 6 aromatic rings. The molecule has 0 spiro atoms. The van der Waals surface area contributed by atoms with Crippen molar-refractivity contribution in [2.24, 2.45) is 5.41 Å². The normalized spacial score (nSPS) is 17.1. The van der Waals surface area contributed by atoms with E-state index in [1.54, 1.807) is 38.5 Å². The molecule has 1 aliphatic rings. The van der Waals surface area contributed by atoms with Crippen LogP contribution in [0.1, 0.15) is 88.6 Å². The number of aromatic nitrogens is 2. The summed E-state index contributed by atoms with van der Waals surface area (Å²) in [4.78, 5) is 57.7. The predicted molar refractivity (Wildman–Crippen MR) is 302 cm³/mol. The molecule has 17 heteroatoms. The Balaban J connectivity index is 1.17. The van der Waals surface area contributed by atoms with E-state index in [4.69, 9.17) is 32.7 Å². The van der Waals surface area contributed by atoms with E-state index in [9.17, 15) is 19.2 Å². The van der Waals surface area contributed by atoms with Crippen LogP contribution in [0.25, 0.3) is 0 Å². The molecule has 5 aromatic carbocycles. The van der Waals surface area contributed by atoms with Crippen molar-refractivity contribution in [3.8, 4) is 17.2 Å². The fourth-order valence-corrected chi connectivity index (χ4v) is 12.0. The molecule has 0 N–H and O–H groups in total. The molecular weight excluding hydrogens is 1030 g/mol. The van der Waals surface area contributed by atoms with Crippen molar-refractivity contribution in [1.82, 2.24) is 14.2 Å². The van der Waals surface area contributed by atoms with Crippen molar-refractivity contribution in [3.05, 3.63) is 190 Å². The number of halogens is 1. The number of para-hydroxylation sites is 1. The lowest BCUT2D eigenvalue weighted by molar-refractivity contribution is -0.121. The van der Waals surface area contributed by atoms with E-state index in [0.717, 1.165) is 38.6 Å². The zero-order valence-corrected chi connectivity index (χ0v) is 47.3. The van der Waals surface area contributed by atoms with Gasteiger partial charge < -0.3 is 32.7 Å². The molecule has 1 aliphatic heterocycles. The molecule has 414 valence electrons. The maximum atomic E-state index is 17.9. The molecular formula is C61H71FN3O11PS. The predicted octanol–water partition coefficient (Wildman–Crippen LogP) is 11.3. The Morgan fingerprint density at radius 2 is 1.31 bits per heavy atom. The van der Waals surface area contributed by atoms with Gasteiger partial charge in [0.15, 0.2) is 23.3 Å². The zero-order chi connectivity index (χ0) is 55.8. The first-order valence-electron chi connectivity index (χ1n) is 26.2. The topological polar surface area (TPSA) is 154 Å². The number of carbonyl (C=O) groups excluding carboxylic acids is 3. The van der Waals surface area contributed by atoms with E-state index in [2.05, 4.69) is 4.98 Å². The van der Waals surface area contributed by atoms with Gasteiger partial charge in [-0.25, -0.2) is 13.9 Å². The van der Waals surface area contributed by atoms with Gasteiger partial charge >= 0.3 is 5.69 Å². The highest BCUT2D eigenvalue weighted by Gasteiger charge is 2.51. The summed E-state index contributed by atoms with van der Waals surface area (Å²) in [5, 5.41) is -0.0768. The quantitative estimate of drug-likeness (QED) is 0.0249. The first kappa shape index (κ1) is 59.6. The maximum Gasteiger partial charge on any atom is 0.350 e. The molecule has 1 fully saturated rings. The third-order valence-electron chi connectivity index (χ3n) is 13.4. The van der Waals surface area contributed by atoms with Gasteiger partial charge in [0, 0.05) is 42.3 Å². The smallest absolute Gasteiger partial charge is 0.350 e. The van der Waals surface area contributed by atoms with Crippen LogP contribution >= 0.6 is 20.3 Å². The van der Waals surface area contributed by atoms with Crippen LogP contribution in [0.3, 0.4) is 0 Å². The molecule has 2 heterocycles. The number of nitrogens with zero attached hydrogens (tertiary/aromatic N) is 3. The van der Waals surface area contributed by atoms with E-state index >= 15 is 4.39 Å². The molecule has 0 radical (unpaired) electrons. The number of methoxy groups -OCH3 is 2. The molecule has 0 bridgehead atoms. The van der Waals surface area contributed by atoms with Crippen LogP contribution in [-0.2, 0) is 51.3 Å². The Bertz CT molecular complexity index is 2860. The molecule has 1 aromatic heterocycles. The SMILES string of the molecule is COc1ccc(C(OCC2OC(n3ccc(CC(=O)COc4ccccc4)nc3=O)C(F)C2OP(OCCSC(=O)C(C)(C)CCC(=O)Cc2ccccc2)N(C(C)C)C(C)C)(c2ccccc2)c2ccc(OC)cc2)cc1.